The lowest BCUT2D eigenvalue weighted by atomic mass is 10.2. The van der Waals surface area contributed by atoms with Crippen LogP contribution in [0.3, 0.4) is 0 Å². The van der Waals surface area contributed by atoms with Crippen molar-refractivity contribution in [3.05, 3.63) is 53.4 Å². The average molecular weight is 478 g/mol. The van der Waals surface area contributed by atoms with E-state index in [1.807, 2.05) is 0 Å². The van der Waals surface area contributed by atoms with E-state index >= 15 is 0 Å². The van der Waals surface area contributed by atoms with Crippen molar-refractivity contribution in [1.29, 1.82) is 0 Å². The number of halogens is 1. The number of nitrogens with zero attached hydrogens (tertiary/aromatic N) is 3. The topological polar surface area (TPSA) is 116 Å². The third kappa shape index (κ3) is 5.49. The van der Waals surface area contributed by atoms with E-state index in [-0.39, 0.29) is 30.0 Å². The van der Waals surface area contributed by atoms with E-state index < -0.39 is 5.25 Å². The number of benzene rings is 1. The fourth-order valence-electron chi connectivity index (χ4n) is 2.81. The molecule has 2 saturated heterocycles. The Morgan fingerprint density at radius 3 is 2.74 bits per heavy atom. The lowest BCUT2D eigenvalue weighted by molar-refractivity contribution is -0.128. The SMILES string of the molecule is O=C(CC1S/C(=N/N=C2\CSC(=O)N2)N(Cc2ccco2)C1=O)Nc1ccc(Cl)cc1. The van der Waals surface area contributed by atoms with Gasteiger partial charge in [0.2, 0.25) is 11.8 Å². The fraction of sp³-hybridized carbons (Fsp3) is 0.211. The Labute approximate surface area is 190 Å². The van der Waals surface area contributed by atoms with Crippen molar-refractivity contribution in [2.45, 2.75) is 18.2 Å². The fourth-order valence-corrected chi connectivity index (χ4v) is 4.61. The van der Waals surface area contributed by atoms with Gasteiger partial charge in [0.25, 0.3) is 5.24 Å². The Morgan fingerprint density at radius 2 is 2.06 bits per heavy atom. The van der Waals surface area contributed by atoms with Gasteiger partial charge in [-0.2, -0.15) is 0 Å². The second-order valence-corrected chi connectivity index (χ2v) is 9.05. The molecule has 0 radical (unpaired) electrons. The number of amidine groups is 2. The van der Waals surface area contributed by atoms with Crippen LogP contribution < -0.4 is 10.6 Å². The number of nitrogens with one attached hydrogen (secondary N) is 2. The monoisotopic (exact) mass is 477 g/mol. The first-order chi connectivity index (χ1) is 15.0. The largest absolute Gasteiger partial charge is 0.467 e. The molecule has 2 aliphatic rings. The zero-order valence-electron chi connectivity index (χ0n) is 15.9. The number of hydrogen-bond donors (Lipinski definition) is 2. The summed E-state index contributed by atoms with van der Waals surface area (Å²) in [5, 5.41) is 13.6. The van der Waals surface area contributed by atoms with Crippen molar-refractivity contribution >= 4 is 68.9 Å². The van der Waals surface area contributed by atoms with E-state index in [0.717, 1.165) is 23.5 Å². The number of carbonyl (C=O) groups excluding carboxylic acids is 3. The van der Waals surface area contributed by atoms with E-state index in [1.165, 1.54) is 11.2 Å². The summed E-state index contributed by atoms with van der Waals surface area (Å²) in [5.74, 6) is 0.802. The van der Waals surface area contributed by atoms with Crippen LogP contribution in [0.25, 0.3) is 0 Å². The summed E-state index contributed by atoms with van der Waals surface area (Å²) in [4.78, 5) is 38.2. The van der Waals surface area contributed by atoms with Gasteiger partial charge in [-0.05, 0) is 36.4 Å². The Balaban J connectivity index is 1.48. The molecule has 2 N–H and O–H groups in total. The lowest BCUT2D eigenvalue weighted by Crippen LogP contribution is -2.33. The summed E-state index contributed by atoms with van der Waals surface area (Å²) in [6, 6.07) is 10.2. The van der Waals surface area contributed by atoms with Crippen LogP contribution in [0.4, 0.5) is 10.5 Å². The first kappa shape index (κ1) is 21.5. The molecule has 9 nitrogen and oxygen atoms in total. The lowest BCUT2D eigenvalue weighted by Gasteiger charge is -2.14. The highest BCUT2D eigenvalue weighted by Crippen LogP contribution is 2.31. The minimum Gasteiger partial charge on any atom is -0.467 e. The molecule has 1 aromatic carbocycles. The Bertz CT molecular complexity index is 1060. The maximum Gasteiger partial charge on any atom is 0.284 e. The van der Waals surface area contributed by atoms with Crippen LogP contribution in [0.5, 0.6) is 0 Å². The van der Waals surface area contributed by atoms with Crippen LogP contribution >= 0.6 is 35.1 Å². The number of anilines is 1. The van der Waals surface area contributed by atoms with Crippen molar-refractivity contribution < 1.29 is 18.8 Å². The second-order valence-electron chi connectivity index (χ2n) is 6.50. The molecule has 0 aliphatic carbocycles. The molecular weight excluding hydrogens is 462 g/mol. The highest BCUT2D eigenvalue weighted by molar-refractivity contribution is 8.15. The standard InChI is InChI=1S/C19H16ClN5O4S2/c20-11-3-5-12(6-4-11)21-16(26)8-14-17(27)25(9-13-2-1-7-29-13)18(31-14)24-23-15-10-30-19(28)22-15/h1-7,14H,8-10H2,(H,21,26)(H,22,23,28)/b24-18+. The average Bonchev–Trinajstić information content (AvgIpc) is 3.46. The minimum atomic E-state index is -0.659. The minimum absolute atomic E-state index is 0.0387. The summed E-state index contributed by atoms with van der Waals surface area (Å²) >= 11 is 8.10. The van der Waals surface area contributed by atoms with Crippen molar-refractivity contribution in [3.63, 3.8) is 0 Å². The normalized spacial score (nSPS) is 21.2. The van der Waals surface area contributed by atoms with Crippen LogP contribution in [0, 0.1) is 0 Å². The molecule has 0 bridgehead atoms. The van der Waals surface area contributed by atoms with Crippen molar-refractivity contribution in [2.75, 3.05) is 11.1 Å². The number of rotatable bonds is 6. The quantitative estimate of drug-likeness (QED) is 0.615. The van der Waals surface area contributed by atoms with Gasteiger partial charge < -0.3 is 15.1 Å². The smallest absolute Gasteiger partial charge is 0.284 e. The van der Waals surface area contributed by atoms with Gasteiger partial charge in [0.05, 0.1) is 18.6 Å². The van der Waals surface area contributed by atoms with E-state index in [4.69, 9.17) is 16.0 Å². The van der Waals surface area contributed by atoms with Gasteiger partial charge >= 0.3 is 0 Å². The molecule has 3 heterocycles. The summed E-state index contributed by atoms with van der Waals surface area (Å²) in [5.41, 5.74) is 0.590. The molecule has 2 fully saturated rings. The number of hydrogen-bond acceptors (Lipinski definition) is 8. The van der Waals surface area contributed by atoms with Crippen LogP contribution in [-0.4, -0.2) is 44.0 Å². The third-order valence-electron chi connectivity index (χ3n) is 4.26. The summed E-state index contributed by atoms with van der Waals surface area (Å²) < 4.78 is 5.34. The molecule has 31 heavy (non-hydrogen) atoms. The predicted octanol–water partition coefficient (Wildman–Crippen LogP) is 3.53. The van der Waals surface area contributed by atoms with Gasteiger partial charge in [0.1, 0.15) is 16.8 Å². The van der Waals surface area contributed by atoms with Gasteiger partial charge in [0, 0.05) is 17.1 Å². The van der Waals surface area contributed by atoms with Crippen LogP contribution in [0.1, 0.15) is 12.2 Å². The number of thioether (sulfide) groups is 2. The molecule has 1 atom stereocenters. The molecule has 3 amide bonds. The highest BCUT2D eigenvalue weighted by atomic mass is 35.5. The highest BCUT2D eigenvalue weighted by Gasteiger charge is 2.40. The van der Waals surface area contributed by atoms with Crippen LogP contribution in [0.2, 0.25) is 5.02 Å². The first-order valence-electron chi connectivity index (χ1n) is 9.12. The molecule has 1 unspecified atom stereocenters. The Morgan fingerprint density at radius 1 is 1.26 bits per heavy atom. The van der Waals surface area contributed by atoms with Gasteiger partial charge in [-0.15, -0.1) is 10.2 Å². The molecule has 160 valence electrons. The molecule has 2 aliphatic heterocycles. The molecule has 0 spiro atoms. The predicted molar refractivity (Wildman–Crippen MR) is 121 cm³/mol. The summed E-state index contributed by atoms with van der Waals surface area (Å²) in [7, 11) is 0. The molecule has 4 rings (SSSR count). The van der Waals surface area contributed by atoms with Gasteiger partial charge in [0.15, 0.2) is 5.17 Å². The third-order valence-corrected chi connectivity index (χ3v) is 6.46. The van der Waals surface area contributed by atoms with Crippen LogP contribution in [-0.2, 0) is 16.1 Å². The molecular formula is C19H16ClN5O4S2. The Kier molecular flexibility index (Phi) is 6.64. The van der Waals surface area contributed by atoms with Crippen molar-refractivity contribution in [1.82, 2.24) is 10.2 Å². The number of carbonyl (C=O) groups is 3. The van der Waals surface area contributed by atoms with Crippen molar-refractivity contribution in [2.24, 2.45) is 10.2 Å². The molecule has 0 saturated carbocycles. The zero-order chi connectivity index (χ0) is 21.8. The maximum atomic E-state index is 13.0. The number of furan rings is 1. The second kappa shape index (κ2) is 9.58. The molecule has 1 aromatic heterocycles. The van der Waals surface area contributed by atoms with Crippen LogP contribution in [0.15, 0.2) is 57.3 Å². The van der Waals surface area contributed by atoms with Crippen molar-refractivity contribution in [3.8, 4) is 0 Å². The Hall–Kier alpha value is -2.76. The van der Waals surface area contributed by atoms with E-state index in [9.17, 15) is 14.4 Å². The van der Waals surface area contributed by atoms with Gasteiger partial charge in [-0.3, -0.25) is 19.3 Å². The molecule has 12 heteroatoms. The molecule has 2 aromatic rings. The van der Waals surface area contributed by atoms with Gasteiger partial charge in [-0.1, -0.05) is 35.1 Å². The number of amides is 3. The van der Waals surface area contributed by atoms with E-state index in [0.29, 0.717) is 33.2 Å². The van der Waals surface area contributed by atoms with Gasteiger partial charge in [-0.25, -0.2) is 0 Å². The zero-order valence-corrected chi connectivity index (χ0v) is 18.3. The summed E-state index contributed by atoms with van der Waals surface area (Å²) in [6.45, 7) is 0.166. The van der Waals surface area contributed by atoms with E-state index in [1.54, 1.807) is 36.4 Å². The first-order valence-corrected chi connectivity index (χ1v) is 11.4. The maximum absolute atomic E-state index is 13.0. The summed E-state index contributed by atoms with van der Waals surface area (Å²) in [6.07, 6.45) is 1.48. The van der Waals surface area contributed by atoms with E-state index in [2.05, 4.69) is 20.8 Å².